The topological polar surface area (TPSA) is 38.5 Å². The van der Waals surface area contributed by atoms with Crippen LogP contribution in [0.25, 0.3) is 0 Å². The van der Waals surface area contributed by atoms with Crippen molar-refractivity contribution in [1.82, 2.24) is 0 Å². The molecule has 1 aliphatic rings. The average molecular weight is 280 g/mol. The van der Waals surface area contributed by atoms with Gasteiger partial charge in [-0.3, -0.25) is 0 Å². The number of hydrogen-bond donors (Lipinski definition) is 1. The van der Waals surface area contributed by atoms with Crippen LogP contribution in [0, 0.1) is 0 Å². The van der Waals surface area contributed by atoms with Gasteiger partial charge in [0.25, 0.3) is 0 Å². The van der Waals surface area contributed by atoms with Crippen molar-refractivity contribution in [1.29, 1.82) is 0 Å². The van der Waals surface area contributed by atoms with Gasteiger partial charge in [-0.05, 0) is 23.3 Å². The first-order valence-corrected chi connectivity index (χ1v) is 7.22. The maximum atomic E-state index is 6.21. The van der Waals surface area contributed by atoms with Crippen LogP contribution in [0.15, 0.2) is 61.2 Å². The third-order valence-corrected chi connectivity index (χ3v) is 3.78. The highest BCUT2D eigenvalue weighted by atomic mass is 16.5. The number of fused-ring (bicyclic) bond motifs is 1. The van der Waals surface area contributed by atoms with Crippen molar-refractivity contribution in [3.8, 4) is 5.75 Å². The molecule has 3 heteroatoms. The van der Waals surface area contributed by atoms with Crippen LogP contribution < -0.4 is 15.4 Å². The van der Waals surface area contributed by atoms with Crippen molar-refractivity contribution in [3.05, 3.63) is 72.3 Å². The molecule has 0 amide bonds. The quantitative estimate of drug-likeness (QED) is 0.874. The number of benzene rings is 2. The molecule has 3 rings (SSSR count). The van der Waals surface area contributed by atoms with Gasteiger partial charge in [-0.25, -0.2) is 0 Å². The van der Waals surface area contributed by atoms with Gasteiger partial charge < -0.3 is 15.4 Å². The Morgan fingerprint density at radius 3 is 2.76 bits per heavy atom. The fraction of sp³-hybridized carbons (Fsp3) is 0.222. The first-order valence-electron chi connectivity index (χ1n) is 7.22. The predicted molar refractivity (Wildman–Crippen MR) is 86.6 cm³/mol. The van der Waals surface area contributed by atoms with Gasteiger partial charge in [-0.15, -0.1) is 6.58 Å². The summed E-state index contributed by atoms with van der Waals surface area (Å²) in [5.41, 5.74) is 9.12. The molecule has 0 spiro atoms. The Labute approximate surface area is 125 Å². The first-order chi connectivity index (χ1) is 10.3. The zero-order valence-corrected chi connectivity index (χ0v) is 12.0. The first kappa shape index (κ1) is 13.7. The Kier molecular flexibility index (Phi) is 3.93. The number of anilines is 1. The van der Waals surface area contributed by atoms with E-state index in [0.717, 1.165) is 30.1 Å². The van der Waals surface area contributed by atoms with Crippen LogP contribution >= 0.6 is 0 Å². The van der Waals surface area contributed by atoms with Crippen LogP contribution in [-0.4, -0.2) is 13.1 Å². The number of nitrogens with zero attached hydrogens (tertiary/aromatic N) is 1. The standard InChI is InChI=1S/C18H20N2O/c1-2-10-20-13-18(15-6-4-3-5-7-15)21-17-11-14(12-19)8-9-16(17)20/h2-9,11,18H,1,10,12-13,19H2. The molecule has 1 unspecified atom stereocenters. The molecule has 1 aliphatic heterocycles. The van der Waals surface area contributed by atoms with Crippen molar-refractivity contribution >= 4 is 5.69 Å². The lowest BCUT2D eigenvalue weighted by Crippen LogP contribution is -2.35. The van der Waals surface area contributed by atoms with E-state index >= 15 is 0 Å². The molecule has 0 saturated heterocycles. The molecule has 2 aromatic rings. The minimum absolute atomic E-state index is 0.0340. The Balaban J connectivity index is 1.97. The van der Waals surface area contributed by atoms with Crippen LogP contribution in [0.3, 0.4) is 0 Å². The summed E-state index contributed by atoms with van der Waals surface area (Å²) in [6.07, 6.45) is 1.96. The largest absolute Gasteiger partial charge is 0.482 e. The summed E-state index contributed by atoms with van der Waals surface area (Å²) in [5, 5.41) is 0. The van der Waals surface area contributed by atoms with Crippen molar-refractivity contribution < 1.29 is 4.74 Å². The van der Waals surface area contributed by atoms with Crippen LogP contribution in [-0.2, 0) is 6.54 Å². The summed E-state index contributed by atoms with van der Waals surface area (Å²) >= 11 is 0. The van der Waals surface area contributed by atoms with Gasteiger partial charge in [-0.1, -0.05) is 42.5 Å². The second kappa shape index (κ2) is 6.02. The van der Waals surface area contributed by atoms with Crippen LogP contribution in [0.4, 0.5) is 5.69 Å². The number of ether oxygens (including phenoxy) is 1. The third-order valence-electron chi connectivity index (χ3n) is 3.78. The van der Waals surface area contributed by atoms with E-state index in [1.807, 2.05) is 30.3 Å². The van der Waals surface area contributed by atoms with Crippen molar-refractivity contribution in [3.63, 3.8) is 0 Å². The molecule has 0 radical (unpaired) electrons. The Bertz CT molecular complexity index is 624. The van der Waals surface area contributed by atoms with Crippen molar-refractivity contribution in [2.45, 2.75) is 12.6 Å². The van der Waals surface area contributed by atoms with E-state index in [0.29, 0.717) is 6.54 Å². The van der Waals surface area contributed by atoms with Crippen molar-refractivity contribution in [2.24, 2.45) is 5.73 Å². The van der Waals surface area contributed by atoms with Gasteiger partial charge in [0.05, 0.1) is 12.2 Å². The maximum Gasteiger partial charge on any atom is 0.143 e. The van der Waals surface area contributed by atoms with E-state index in [1.165, 1.54) is 5.56 Å². The number of hydrogen-bond acceptors (Lipinski definition) is 3. The highest BCUT2D eigenvalue weighted by Gasteiger charge is 2.26. The molecule has 0 aliphatic carbocycles. The second-order valence-electron chi connectivity index (χ2n) is 5.22. The zero-order valence-electron chi connectivity index (χ0n) is 12.0. The molecule has 3 nitrogen and oxygen atoms in total. The molecule has 2 N–H and O–H groups in total. The van der Waals surface area contributed by atoms with E-state index in [2.05, 4.69) is 35.7 Å². The minimum Gasteiger partial charge on any atom is -0.482 e. The van der Waals surface area contributed by atoms with E-state index in [-0.39, 0.29) is 6.10 Å². The van der Waals surface area contributed by atoms with E-state index < -0.39 is 0 Å². The third kappa shape index (κ3) is 2.78. The molecule has 108 valence electrons. The van der Waals surface area contributed by atoms with E-state index in [1.54, 1.807) is 0 Å². The lowest BCUT2D eigenvalue weighted by molar-refractivity contribution is 0.198. The number of nitrogens with two attached hydrogens (primary N) is 1. The van der Waals surface area contributed by atoms with E-state index in [4.69, 9.17) is 10.5 Å². The highest BCUT2D eigenvalue weighted by Crippen LogP contribution is 2.38. The van der Waals surface area contributed by atoms with Crippen LogP contribution in [0.5, 0.6) is 5.75 Å². The fourth-order valence-electron chi connectivity index (χ4n) is 2.70. The summed E-state index contributed by atoms with van der Waals surface area (Å²) < 4.78 is 6.21. The summed E-state index contributed by atoms with van der Waals surface area (Å²) in [4.78, 5) is 2.30. The molecule has 0 bridgehead atoms. The Morgan fingerprint density at radius 2 is 2.05 bits per heavy atom. The molecule has 0 fully saturated rings. The lowest BCUT2D eigenvalue weighted by Gasteiger charge is -2.36. The van der Waals surface area contributed by atoms with Gasteiger partial charge >= 0.3 is 0 Å². The summed E-state index contributed by atoms with van der Waals surface area (Å²) in [6.45, 7) is 6.01. The summed E-state index contributed by atoms with van der Waals surface area (Å²) in [5.74, 6) is 0.903. The van der Waals surface area contributed by atoms with Gasteiger partial charge in [0, 0.05) is 13.1 Å². The molecule has 0 aromatic heterocycles. The van der Waals surface area contributed by atoms with Gasteiger partial charge in [0.15, 0.2) is 0 Å². The lowest BCUT2D eigenvalue weighted by atomic mass is 10.1. The average Bonchev–Trinajstić information content (AvgIpc) is 2.55. The molecule has 21 heavy (non-hydrogen) atoms. The molecular weight excluding hydrogens is 260 g/mol. The van der Waals surface area contributed by atoms with Gasteiger partial charge in [0.1, 0.15) is 11.9 Å². The summed E-state index contributed by atoms with van der Waals surface area (Å²) in [6, 6.07) is 16.5. The highest BCUT2D eigenvalue weighted by molar-refractivity contribution is 5.62. The predicted octanol–water partition coefficient (Wildman–Crippen LogP) is 3.27. The SMILES string of the molecule is C=CCN1CC(c2ccccc2)Oc2cc(CN)ccc21. The van der Waals surface area contributed by atoms with Crippen LogP contribution in [0.1, 0.15) is 17.2 Å². The molecule has 0 saturated carbocycles. The van der Waals surface area contributed by atoms with E-state index in [9.17, 15) is 0 Å². The second-order valence-corrected chi connectivity index (χ2v) is 5.22. The molecule has 2 aromatic carbocycles. The Hall–Kier alpha value is -2.26. The van der Waals surface area contributed by atoms with Gasteiger partial charge in [0.2, 0.25) is 0 Å². The minimum atomic E-state index is 0.0340. The number of rotatable bonds is 4. The summed E-state index contributed by atoms with van der Waals surface area (Å²) in [7, 11) is 0. The Morgan fingerprint density at radius 1 is 1.24 bits per heavy atom. The molecular formula is C18H20N2O. The normalized spacial score (nSPS) is 17.0. The molecule has 1 heterocycles. The smallest absolute Gasteiger partial charge is 0.143 e. The fourth-order valence-corrected chi connectivity index (χ4v) is 2.70. The van der Waals surface area contributed by atoms with Crippen LogP contribution in [0.2, 0.25) is 0 Å². The maximum absolute atomic E-state index is 6.21. The zero-order chi connectivity index (χ0) is 14.7. The monoisotopic (exact) mass is 280 g/mol. The van der Waals surface area contributed by atoms with Gasteiger partial charge in [-0.2, -0.15) is 0 Å². The van der Waals surface area contributed by atoms with Crippen molar-refractivity contribution in [2.75, 3.05) is 18.0 Å². The molecule has 1 atom stereocenters.